The first kappa shape index (κ1) is 16.4. The first-order valence-electron chi connectivity index (χ1n) is 8.22. The monoisotopic (exact) mass is 327 g/mol. The number of hydrogen-bond acceptors (Lipinski definition) is 4. The minimum Gasteiger partial charge on any atom is -0.468 e. The van der Waals surface area contributed by atoms with Gasteiger partial charge in [-0.3, -0.25) is 14.4 Å². The molecule has 1 saturated carbocycles. The van der Waals surface area contributed by atoms with Gasteiger partial charge < -0.3 is 10.1 Å². The average Bonchev–Trinajstić information content (AvgIpc) is 2.59. The molecule has 126 valence electrons. The van der Waals surface area contributed by atoms with E-state index in [2.05, 4.69) is 10.1 Å². The Morgan fingerprint density at radius 3 is 2.67 bits per heavy atom. The third-order valence-electron chi connectivity index (χ3n) is 4.90. The fraction of sp³-hybridized carbons (Fsp3) is 0.421. The number of amides is 1. The molecule has 5 nitrogen and oxygen atoms in total. The summed E-state index contributed by atoms with van der Waals surface area (Å²) in [5, 5.41) is 2.85. The maximum absolute atomic E-state index is 12.5. The number of Topliss-reactive ketones (excluding diaryl/α,β-unsaturated/α-hetero) is 1. The standard InChI is InChI=1S/C19H21NO4/c1-24-19(23)15-11-14-16(20-18(15)22)9-13(10-17(14)21)8-7-12-5-3-2-4-6-12/h2-8,13-16H,9-11H2,1H3,(H,20,22)/b8-7+. The maximum atomic E-state index is 12.5. The Labute approximate surface area is 141 Å². The number of nitrogens with one attached hydrogen (secondary N) is 1. The second-order valence-electron chi connectivity index (χ2n) is 6.47. The Hall–Kier alpha value is -2.43. The normalized spacial score (nSPS) is 29.9. The molecule has 4 unspecified atom stereocenters. The molecule has 0 bridgehead atoms. The van der Waals surface area contributed by atoms with Crippen molar-refractivity contribution in [2.45, 2.75) is 25.3 Å². The van der Waals surface area contributed by atoms with Crippen molar-refractivity contribution in [2.24, 2.45) is 17.8 Å². The van der Waals surface area contributed by atoms with E-state index < -0.39 is 11.9 Å². The lowest BCUT2D eigenvalue weighted by Gasteiger charge is -2.39. The molecule has 5 heteroatoms. The number of carbonyl (C=O) groups is 3. The van der Waals surface area contributed by atoms with Crippen LogP contribution >= 0.6 is 0 Å². The van der Waals surface area contributed by atoms with Crippen LogP contribution in [0.1, 0.15) is 24.8 Å². The molecule has 1 N–H and O–H groups in total. The first-order chi connectivity index (χ1) is 11.6. The number of hydrogen-bond donors (Lipinski definition) is 1. The quantitative estimate of drug-likeness (QED) is 0.680. The summed E-state index contributed by atoms with van der Waals surface area (Å²) in [6.45, 7) is 0. The van der Waals surface area contributed by atoms with Crippen LogP contribution in [-0.4, -0.2) is 30.8 Å². The summed E-state index contributed by atoms with van der Waals surface area (Å²) in [6, 6.07) is 9.72. The maximum Gasteiger partial charge on any atom is 0.318 e. The molecule has 0 spiro atoms. The van der Waals surface area contributed by atoms with E-state index in [1.807, 2.05) is 42.5 Å². The number of ketones is 1. The van der Waals surface area contributed by atoms with Gasteiger partial charge in [0.2, 0.25) is 5.91 Å². The summed E-state index contributed by atoms with van der Waals surface area (Å²) in [6.07, 6.45) is 5.49. The second-order valence-corrected chi connectivity index (χ2v) is 6.47. The number of piperidine rings is 1. The SMILES string of the molecule is COC(=O)C1CC2C(=O)CC(/C=C/c3ccccc3)CC2NC1=O. The summed E-state index contributed by atoms with van der Waals surface area (Å²) in [5.74, 6) is -1.82. The number of methoxy groups -OCH3 is 1. The fourth-order valence-electron chi connectivity index (χ4n) is 3.61. The molecule has 1 aliphatic heterocycles. The minimum atomic E-state index is -0.864. The van der Waals surface area contributed by atoms with Crippen LogP contribution in [-0.2, 0) is 19.1 Å². The predicted molar refractivity (Wildman–Crippen MR) is 88.8 cm³/mol. The lowest BCUT2D eigenvalue weighted by Crippen LogP contribution is -2.56. The van der Waals surface area contributed by atoms with Crippen LogP contribution in [0.3, 0.4) is 0 Å². The molecular formula is C19H21NO4. The van der Waals surface area contributed by atoms with Crippen LogP contribution in [0.2, 0.25) is 0 Å². The molecule has 2 fully saturated rings. The first-order valence-corrected chi connectivity index (χ1v) is 8.22. The van der Waals surface area contributed by atoms with Gasteiger partial charge in [-0.05, 0) is 24.3 Å². The van der Waals surface area contributed by atoms with Gasteiger partial charge in [0.05, 0.1) is 7.11 Å². The van der Waals surface area contributed by atoms with E-state index in [1.165, 1.54) is 7.11 Å². The number of benzene rings is 1. The molecule has 1 heterocycles. The van der Waals surface area contributed by atoms with Crippen molar-refractivity contribution >= 4 is 23.7 Å². The lowest BCUT2D eigenvalue weighted by molar-refractivity contribution is -0.154. The highest BCUT2D eigenvalue weighted by Gasteiger charge is 2.45. The molecule has 4 atom stereocenters. The second kappa shape index (κ2) is 6.99. The highest BCUT2D eigenvalue weighted by Crippen LogP contribution is 2.35. The van der Waals surface area contributed by atoms with Crippen LogP contribution in [0.25, 0.3) is 6.08 Å². The molecule has 1 aromatic carbocycles. The largest absolute Gasteiger partial charge is 0.468 e. The van der Waals surface area contributed by atoms with Gasteiger partial charge in [0.15, 0.2) is 0 Å². The Bertz CT molecular complexity index is 667. The van der Waals surface area contributed by atoms with E-state index in [0.717, 1.165) is 12.0 Å². The van der Waals surface area contributed by atoms with E-state index >= 15 is 0 Å². The van der Waals surface area contributed by atoms with Gasteiger partial charge in [-0.1, -0.05) is 42.5 Å². The van der Waals surface area contributed by atoms with Gasteiger partial charge in [0.25, 0.3) is 0 Å². The molecule has 1 aromatic rings. The molecule has 0 radical (unpaired) electrons. The number of esters is 1. The van der Waals surface area contributed by atoms with Crippen LogP contribution in [0, 0.1) is 17.8 Å². The summed E-state index contributed by atoms with van der Waals surface area (Å²) in [7, 11) is 1.26. The van der Waals surface area contributed by atoms with Crippen molar-refractivity contribution < 1.29 is 19.1 Å². The fourth-order valence-corrected chi connectivity index (χ4v) is 3.61. The molecule has 24 heavy (non-hydrogen) atoms. The van der Waals surface area contributed by atoms with E-state index in [1.54, 1.807) is 0 Å². The Kier molecular flexibility index (Phi) is 4.79. The van der Waals surface area contributed by atoms with E-state index in [-0.39, 0.29) is 36.0 Å². The Morgan fingerprint density at radius 2 is 1.96 bits per heavy atom. The molecule has 1 saturated heterocycles. The Morgan fingerprint density at radius 1 is 1.21 bits per heavy atom. The molecule has 1 aliphatic carbocycles. The van der Waals surface area contributed by atoms with Crippen molar-refractivity contribution in [3.05, 3.63) is 42.0 Å². The molecule has 2 aliphatic rings. The van der Waals surface area contributed by atoms with Gasteiger partial charge in [-0.2, -0.15) is 0 Å². The lowest BCUT2D eigenvalue weighted by atomic mass is 9.71. The van der Waals surface area contributed by atoms with Crippen LogP contribution in [0.5, 0.6) is 0 Å². The Balaban J connectivity index is 1.68. The van der Waals surface area contributed by atoms with Gasteiger partial charge in [0.1, 0.15) is 11.7 Å². The zero-order valence-corrected chi connectivity index (χ0v) is 13.6. The third-order valence-corrected chi connectivity index (χ3v) is 4.90. The molecule has 1 amide bonds. The van der Waals surface area contributed by atoms with Crippen molar-refractivity contribution in [1.29, 1.82) is 0 Å². The number of fused-ring (bicyclic) bond motifs is 1. The smallest absolute Gasteiger partial charge is 0.318 e. The topological polar surface area (TPSA) is 72.5 Å². The van der Waals surface area contributed by atoms with Crippen molar-refractivity contribution in [3.8, 4) is 0 Å². The number of ether oxygens (including phenoxy) is 1. The third kappa shape index (κ3) is 3.40. The van der Waals surface area contributed by atoms with Gasteiger partial charge >= 0.3 is 5.97 Å². The van der Waals surface area contributed by atoms with E-state index in [4.69, 9.17) is 0 Å². The summed E-state index contributed by atoms with van der Waals surface area (Å²) in [4.78, 5) is 36.3. The van der Waals surface area contributed by atoms with Crippen LogP contribution < -0.4 is 5.32 Å². The number of carbonyl (C=O) groups excluding carboxylic acids is 3. The summed E-state index contributed by atoms with van der Waals surface area (Å²) in [5.41, 5.74) is 1.09. The van der Waals surface area contributed by atoms with E-state index in [9.17, 15) is 14.4 Å². The minimum absolute atomic E-state index is 0.105. The highest BCUT2D eigenvalue weighted by molar-refractivity contribution is 6.00. The summed E-state index contributed by atoms with van der Waals surface area (Å²) < 4.78 is 4.66. The molecule has 3 rings (SSSR count). The van der Waals surface area contributed by atoms with Crippen LogP contribution in [0.15, 0.2) is 36.4 Å². The zero-order chi connectivity index (χ0) is 17.1. The van der Waals surface area contributed by atoms with Gasteiger partial charge in [0, 0.05) is 18.4 Å². The number of allylic oxidation sites excluding steroid dienone is 1. The van der Waals surface area contributed by atoms with Crippen molar-refractivity contribution in [3.63, 3.8) is 0 Å². The van der Waals surface area contributed by atoms with Crippen LogP contribution in [0.4, 0.5) is 0 Å². The molecule has 0 aromatic heterocycles. The van der Waals surface area contributed by atoms with E-state index in [0.29, 0.717) is 6.42 Å². The van der Waals surface area contributed by atoms with Crippen molar-refractivity contribution in [1.82, 2.24) is 5.32 Å². The average molecular weight is 327 g/mol. The van der Waals surface area contributed by atoms with Gasteiger partial charge in [-0.25, -0.2) is 0 Å². The zero-order valence-electron chi connectivity index (χ0n) is 13.6. The predicted octanol–water partition coefficient (Wildman–Crippen LogP) is 1.97. The molecular weight excluding hydrogens is 306 g/mol. The van der Waals surface area contributed by atoms with Gasteiger partial charge in [-0.15, -0.1) is 0 Å². The summed E-state index contributed by atoms with van der Waals surface area (Å²) >= 11 is 0. The van der Waals surface area contributed by atoms with Crippen molar-refractivity contribution in [2.75, 3.05) is 7.11 Å². The highest BCUT2D eigenvalue weighted by atomic mass is 16.5. The number of rotatable bonds is 3.